The summed E-state index contributed by atoms with van der Waals surface area (Å²) < 4.78 is 28.0. The predicted octanol–water partition coefficient (Wildman–Crippen LogP) is 2.58. The Hall–Kier alpha value is -3.70. The first-order valence-electron chi connectivity index (χ1n) is 10.3. The normalized spacial score (nSPS) is 12.3. The number of sulfonamides is 1. The van der Waals surface area contributed by atoms with Gasteiger partial charge in [-0.05, 0) is 72.2 Å². The van der Waals surface area contributed by atoms with Gasteiger partial charge in [-0.1, -0.05) is 35.9 Å². The van der Waals surface area contributed by atoms with Gasteiger partial charge in [0.2, 0.25) is 15.9 Å². The monoisotopic (exact) mass is 514 g/mol. The number of hydrogen-bond acceptors (Lipinski definition) is 6. The Balaban J connectivity index is 1.66. The number of phenols is 1. The molecule has 6 N–H and O–H groups in total. The molecule has 0 heterocycles. The molecule has 3 aromatic rings. The van der Waals surface area contributed by atoms with Gasteiger partial charge in [0.25, 0.3) is 5.91 Å². The molecule has 0 saturated carbocycles. The summed E-state index contributed by atoms with van der Waals surface area (Å²) in [5.74, 6) is 4.14. The lowest BCUT2D eigenvalue weighted by molar-refractivity contribution is -0.122. The van der Waals surface area contributed by atoms with E-state index < -0.39 is 27.9 Å². The van der Waals surface area contributed by atoms with Crippen LogP contribution in [0.15, 0.2) is 83.8 Å². The molecule has 2 amide bonds. The molecule has 0 aliphatic rings. The maximum atomic E-state index is 12.8. The molecular weight excluding hydrogens is 492 g/mol. The third kappa shape index (κ3) is 7.66. The number of anilines is 1. The van der Waals surface area contributed by atoms with Crippen molar-refractivity contribution in [2.75, 3.05) is 5.32 Å². The van der Waals surface area contributed by atoms with E-state index in [-0.39, 0.29) is 17.1 Å². The summed E-state index contributed by atoms with van der Waals surface area (Å²) >= 11 is 5.83. The zero-order valence-corrected chi connectivity index (χ0v) is 19.9. The molecular formula is C24H23ClN4O5S. The van der Waals surface area contributed by atoms with Crippen molar-refractivity contribution in [2.45, 2.75) is 17.4 Å². The van der Waals surface area contributed by atoms with E-state index in [4.69, 9.17) is 17.4 Å². The molecule has 9 nitrogen and oxygen atoms in total. The zero-order valence-electron chi connectivity index (χ0n) is 18.3. The number of nitrogens with two attached hydrogens (primary N) is 1. The smallest absolute Gasteiger partial charge is 0.252 e. The van der Waals surface area contributed by atoms with Gasteiger partial charge < -0.3 is 10.4 Å². The molecule has 0 saturated heterocycles. The van der Waals surface area contributed by atoms with E-state index in [1.165, 1.54) is 42.5 Å². The highest BCUT2D eigenvalue weighted by atomic mass is 35.5. The molecule has 11 heteroatoms. The van der Waals surface area contributed by atoms with Crippen molar-refractivity contribution >= 4 is 45.2 Å². The van der Waals surface area contributed by atoms with Crippen LogP contribution in [0.4, 0.5) is 5.69 Å². The Morgan fingerprint density at radius 2 is 1.60 bits per heavy atom. The Morgan fingerprint density at radius 1 is 0.971 bits per heavy atom. The van der Waals surface area contributed by atoms with Crippen LogP contribution in [0.5, 0.6) is 5.75 Å². The highest BCUT2D eigenvalue weighted by molar-refractivity contribution is 7.89. The number of carbonyl (C=O) groups is 2. The maximum Gasteiger partial charge on any atom is 0.252 e. The second kappa shape index (κ2) is 11.6. The van der Waals surface area contributed by atoms with E-state index in [9.17, 15) is 23.1 Å². The summed E-state index contributed by atoms with van der Waals surface area (Å²) in [7, 11) is -4.09. The fourth-order valence-electron chi connectivity index (χ4n) is 3.06. The first-order chi connectivity index (χ1) is 16.7. The minimum atomic E-state index is -4.09. The van der Waals surface area contributed by atoms with E-state index >= 15 is 0 Å². The molecule has 0 bridgehead atoms. The summed E-state index contributed by atoms with van der Waals surface area (Å²) in [6.07, 6.45) is 2.97. The number of phenolic OH excluding ortho intramolecular Hbond substituents is 1. The fourth-order valence-corrected chi connectivity index (χ4v) is 4.38. The van der Waals surface area contributed by atoms with Gasteiger partial charge in [-0.2, -0.15) is 4.72 Å². The van der Waals surface area contributed by atoms with Gasteiger partial charge in [0.05, 0.1) is 4.90 Å². The summed E-state index contributed by atoms with van der Waals surface area (Å²) in [5, 5.41) is 12.6. The van der Waals surface area contributed by atoms with Crippen LogP contribution in [0.1, 0.15) is 11.1 Å². The lowest BCUT2D eigenvalue weighted by Gasteiger charge is -2.17. The minimum Gasteiger partial charge on any atom is -0.508 e. The quantitative estimate of drug-likeness (QED) is 0.128. The van der Waals surface area contributed by atoms with Gasteiger partial charge in [0, 0.05) is 16.8 Å². The molecule has 0 aliphatic heterocycles. The molecule has 0 unspecified atom stereocenters. The van der Waals surface area contributed by atoms with Gasteiger partial charge in [-0.3, -0.25) is 15.0 Å². The molecule has 35 heavy (non-hydrogen) atoms. The Morgan fingerprint density at radius 3 is 2.20 bits per heavy atom. The lowest BCUT2D eigenvalue weighted by Crippen LogP contribution is -2.49. The topological polar surface area (TPSA) is 151 Å². The fraction of sp³-hybridized carbons (Fsp3) is 0.0833. The van der Waals surface area contributed by atoms with Gasteiger partial charge in [0.15, 0.2) is 0 Å². The summed E-state index contributed by atoms with van der Waals surface area (Å²) in [5.41, 5.74) is 3.74. The summed E-state index contributed by atoms with van der Waals surface area (Å²) in [6.45, 7) is 0. The second-order valence-electron chi connectivity index (χ2n) is 7.45. The van der Waals surface area contributed by atoms with Crippen LogP contribution in [-0.4, -0.2) is 31.4 Å². The van der Waals surface area contributed by atoms with E-state index in [1.807, 2.05) is 5.43 Å². The van der Waals surface area contributed by atoms with Crippen molar-refractivity contribution in [3.05, 3.63) is 95.0 Å². The Bertz CT molecular complexity index is 1310. The van der Waals surface area contributed by atoms with Crippen molar-refractivity contribution in [1.29, 1.82) is 0 Å². The molecule has 0 radical (unpaired) electrons. The molecule has 0 aliphatic carbocycles. The van der Waals surface area contributed by atoms with Gasteiger partial charge in [-0.15, -0.1) is 0 Å². The van der Waals surface area contributed by atoms with Crippen molar-refractivity contribution in [3.8, 4) is 5.75 Å². The van der Waals surface area contributed by atoms with Crippen LogP contribution in [0.2, 0.25) is 5.02 Å². The molecule has 3 aromatic carbocycles. The van der Waals surface area contributed by atoms with Crippen LogP contribution in [0.3, 0.4) is 0 Å². The summed E-state index contributed by atoms with van der Waals surface area (Å²) in [4.78, 5) is 24.2. The average Bonchev–Trinajstić information content (AvgIpc) is 2.84. The predicted molar refractivity (Wildman–Crippen MR) is 134 cm³/mol. The Labute approximate surface area is 207 Å². The van der Waals surface area contributed by atoms with Gasteiger partial charge in [-0.25, -0.2) is 14.3 Å². The highest BCUT2D eigenvalue weighted by Gasteiger charge is 2.25. The third-order valence-corrected chi connectivity index (χ3v) is 6.60. The standard InChI is InChI=1S/C24H23ClN4O5S/c25-18-6-1-16(2-7-18)5-14-23(31)27-19-8-12-21(13-9-19)35(33,34)29-22(24(32)28-26)15-17-3-10-20(30)11-4-17/h1-14,22,29-30H,15,26H2,(H,27,31)(H,28,32)/b14-5+/t22-/m0/s1. The lowest BCUT2D eigenvalue weighted by atomic mass is 10.1. The average molecular weight is 515 g/mol. The molecule has 0 aromatic heterocycles. The Kier molecular flexibility index (Phi) is 8.61. The number of hydrogen-bond donors (Lipinski definition) is 5. The van der Waals surface area contributed by atoms with Crippen LogP contribution >= 0.6 is 11.6 Å². The summed E-state index contributed by atoms with van der Waals surface area (Å²) in [6, 6.07) is 17.2. The van der Waals surface area contributed by atoms with E-state index in [0.717, 1.165) is 5.56 Å². The molecule has 0 fully saturated rings. The number of carbonyl (C=O) groups excluding carboxylic acids is 2. The van der Waals surface area contributed by atoms with Crippen molar-refractivity contribution in [2.24, 2.45) is 5.84 Å². The number of rotatable bonds is 9. The van der Waals surface area contributed by atoms with Crippen LogP contribution < -0.4 is 21.3 Å². The minimum absolute atomic E-state index is 0.0106. The number of hydrazine groups is 1. The van der Waals surface area contributed by atoms with Crippen LogP contribution in [-0.2, 0) is 26.0 Å². The second-order valence-corrected chi connectivity index (χ2v) is 9.60. The highest BCUT2D eigenvalue weighted by Crippen LogP contribution is 2.17. The first-order valence-corrected chi connectivity index (χ1v) is 12.2. The number of amides is 2. The van der Waals surface area contributed by atoms with Crippen LogP contribution in [0, 0.1) is 0 Å². The van der Waals surface area contributed by atoms with Crippen LogP contribution in [0.25, 0.3) is 6.08 Å². The molecule has 0 spiro atoms. The van der Waals surface area contributed by atoms with Gasteiger partial charge >= 0.3 is 0 Å². The molecule has 182 valence electrons. The first kappa shape index (κ1) is 25.9. The number of nitrogens with one attached hydrogen (secondary N) is 3. The molecule has 1 atom stereocenters. The van der Waals surface area contributed by atoms with Crippen molar-refractivity contribution < 1.29 is 23.1 Å². The zero-order chi connectivity index (χ0) is 25.4. The molecule has 3 rings (SSSR count). The van der Waals surface area contributed by atoms with Crippen molar-refractivity contribution in [3.63, 3.8) is 0 Å². The van der Waals surface area contributed by atoms with Gasteiger partial charge in [0.1, 0.15) is 11.8 Å². The largest absolute Gasteiger partial charge is 0.508 e. The van der Waals surface area contributed by atoms with Crippen molar-refractivity contribution in [1.82, 2.24) is 10.1 Å². The number of aromatic hydroxyl groups is 1. The van der Waals surface area contributed by atoms with E-state index in [2.05, 4.69) is 10.0 Å². The maximum absolute atomic E-state index is 12.8. The SMILES string of the molecule is NNC(=O)[C@H](Cc1ccc(O)cc1)NS(=O)(=O)c1ccc(NC(=O)/C=C/c2ccc(Cl)cc2)cc1. The third-order valence-electron chi connectivity index (χ3n) is 4.86. The van der Waals surface area contributed by atoms with E-state index in [0.29, 0.717) is 16.3 Å². The van der Waals surface area contributed by atoms with E-state index in [1.54, 1.807) is 42.5 Å². The number of halogens is 1. The number of benzene rings is 3.